The molecule has 2 N–H and O–H groups in total. The number of nitrogens with one attached hydrogen (secondary N) is 1. The summed E-state index contributed by atoms with van der Waals surface area (Å²) < 4.78 is 1.72. The van der Waals surface area contributed by atoms with Gasteiger partial charge in [-0.3, -0.25) is 9.59 Å². The Morgan fingerprint density at radius 1 is 1.55 bits per heavy atom. The van der Waals surface area contributed by atoms with Gasteiger partial charge in [-0.05, 0) is 18.8 Å². The zero-order chi connectivity index (χ0) is 14.5. The maximum Gasteiger partial charge on any atom is 0.317 e. The summed E-state index contributed by atoms with van der Waals surface area (Å²) in [5, 5.41) is 11.5. The van der Waals surface area contributed by atoms with Gasteiger partial charge >= 0.3 is 5.97 Å². The molecule has 2 heterocycles. The lowest BCUT2D eigenvalue weighted by Crippen LogP contribution is -2.43. The van der Waals surface area contributed by atoms with Crippen molar-refractivity contribution in [1.29, 1.82) is 0 Å². The number of imidazole rings is 1. The van der Waals surface area contributed by atoms with E-state index in [1.54, 1.807) is 24.1 Å². The molecule has 0 saturated carbocycles. The minimum Gasteiger partial charge on any atom is -0.480 e. The van der Waals surface area contributed by atoms with E-state index in [0.29, 0.717) is 24.7 Å². The first-order chi connectivity index (χ1) is 9.58. The lowest BCUT2D eigenvalue weighted by atomic mass is 9.97. The van der Waals surface area contributed by atoms with Crippen LogP contribution >= 0.6 is 0 Å². The van der Waals surface area contributed by atoms with Crippen molar-refractivity contribution in [3.05, 3.63) is 18.2 Å². The van der Waals surface area contributed by atoms with E-state index in [1.807, 2.05) is 4.90 Å². The number of carboxylic acid groups (broad SMARTS) is 1. The molecule has 1 unspecified atom stereocenters. The van der Waals surface area contributed by atoms with Crippen molar-refractivity contribution in [3.63, 3.8) is 0 Å². The topological polar surface area (TPSA) is 87.5 Å². The third-order valence-electron chi connectivity index (χ3n) is 3.55. The fraction of sp³-hybridized carbons (Fsp3) is 0.615. The van der Waals surface area contributed by atoms with Crippen molar-refractivity contribution < 1.29 is 14.7 Å². The minimum absolute atomic E-state index is 0.00654. The summed E-state index contributed by atoms with van der Waals surface area (Å²) >= 11 is 0. The number of piperidine rings is 1. The molecule has 1 amide bonds. The summed E-state index contributed by atoms with van der Waals surface area (Å²) in [6.45, 7) is 2.00. The third kappa shape index (κ3) is 3.57. The van der Waals surface area contributed by atoms with Crippen molar-refractivity contribution in [2.24, 2.45) is 13.0 Å². The van der Waals surface area contributed by atoms with Gasteiger partial charge in [0.1, 0.15) is 5.69 Å². The van der Waals surface area contributed by atoms with Gasteiger partial charge in [-0.1, -0.05) is 0 Å². The standard InChI is InChI=1S/C13H20N4O3/c1-16-9-15-6-11(16)13(20)17-4-2-3-10(8-17)5-14-7-12(18)19/h6,9-10,14H,2-5,7-8H2,1H3,(H,18,19). The molecule has 1 atom stereocenters. The van der Waals surface area contributed by atoms with E-state index >= 15 is 0 Å². The van der Waals surface area contributed by atoms with Crippen LogP contribution < -0.4 is 5.32 Å². The highest BCUT2D eigenvalue weighted by Gasteiger charge is 2.25. The predicted molar refractivity (Wildman–Crippen MR) is 72.3 cm³/mol. The third-order valence-corrected chi connectivity index (χ3v) is 3.55. The van der Waals surface area contributed by atoms with E-state index < -0.39 is 5.97 Å². The first kappa shape index (κ1) is 14.5. The molecule has 110 valence electrons. The van der Waals surface area contributed by atoms with Gasteiger partial charge < -0.3 is 19.9 Å². The Balaban J connectivity index is 1.88. The number of likely N-dealkylation sites (tertiary alicyclic amines) is 1. The molecule has 1 aromatic heterocycles. The van der Waals surface area contributed by atoms with Crippen LogP contribution in [0.4, 0.5) is 0 Å². The van der Waals surface area contributed by atoms with Gasteiger partial charge in [0.05, 0.1) is 19.1 Å². The number of aromatic nitrogens is 2. The van der Waals surface area contributed by atoms with Crippen LogP contribution in [0.3, 0.4) is 0 Å². The molecule has 7 nitrogen and oxygen atoms in total. The van der Waals surface area contributed by atoms with Gasteiger partial charge in [0.25, 0.3) is 5.91 Å². The van der Waals surface area contributed by atoms with Crippen LogP contribution in [0.5, 0.6) is 0 Å². The minimum atomic E-state index is -0.858. The van der Waals surface area contributed by atoms with Gasteiger partial charge in [0, 0.05) is 26.7 Å². The van der Waals surface area contributed by atoms with Gasteiger partial charge in [-0.2, -0.15) is 0 Å². The Labute approximate surface area is 117 Å². The summed E-state index contributed by atoms with van der Waals surface area (Å²) in [5.74, 6) is -0.558. The quantitative estimate of drug-likeness (QED) is 0.789. The summed E-state index contributed by atoms with van der Waals surface area (Å²) in [4.78, 5) is 28.6. The molecule has 1 fully saturated rings. The highest BCUT2D eigenvalue weighted by molar-refractivity contribution is 5.92. The molecule has 1 aliphatic heterocycles. The van der Waals surface area contributed by atoms with E-state index in [0.717, 1.165) is 19.4 Å². The molecule has 0 aromatic carbocycles. The van der Waals surface area contributed by atoms with Crippen molar-refractivity contribution in [2.45, 2.75) is 12.8 Å². The number of carbonyl (C=O) groups excluding carboxylic acids is 1. The maximum atomic E-state index is 12.4. The molecular weight excluding hydrogens is 260 g/mol. The molecule has 0 spiro atoms. The molecule has 1 aromatic rings. The van der Waals surface area contributed by atoms with Gasteiger partial charge in [0.2, 0.25) is 0 Å². The lowest BCUT2D eigenvalue weighted by molar-refractivity contribution is -0.136. The van der Waals surface area contributed by atoms with Crippen LogP contribution in [0.15, 0.2) is 12.5 Å². The number of carbonyl (C=O) groups is 2. The second kappa shape index (κ2) is 6.51. The van der Waals surface area contributed by atoms with Crippen molar-refractivity contribution in [2.75, 3.05) is 26.2 Å². The van der Waals surface area contributed by atoms with Gasteiger partial charge in [0.15, 0.2) is 0 Å². The first-order valence-corrected chi connectivity index (χ1v) is 6.76. The van der Waals surface area contributed by atoms with E-state index in [1.165, 1.54) is 0 Å². The zero-order valence-corrected chi connectivity index (χ0v) is 11.6. The van der Waals surface area contributed by atoms with Crippen LogP contribution in [0.1, 0.15) is 23.3 Å². The smallest absolute Gasteiger partial charge is 0.317 e. The Morgan fingerprint density at radius 2 is 2.35 bits per heavy atom. The molecule has 20 heavy (non-hydrogen) atoms. The molecule has 1 saturated heterocycles. The number of hydrogen-bond donors (Lipinski definition) is 2. The second-order valence-electron chi connectivity index (χ2n) is 5.17. The maximum absolute atomic E-state index is 12.4. The van der Waals surface area contributed by atoms with Crippen LogP contribution in [0.2, 0.25) is 0 Å². The Hall–Kier alpha value is -1.89. The van der Waals surface area contributed by atoms with Gasteiger partial charge in [-0.25, -0.2) is 4.98 Å². The van der Waals surface area contributed by atoms with E-state index in [9.17, 15) is 9.59 Å². The monoisotopic (exact) mass is 280 g/mol. The van der Waals surface area contributed by atoms with E-state index in [2.05, 4.69) is 10.3 Å². The summed E-state index contributed by atoms with van der Waals surface area (Å²) in [5.41, 5.74) is 0.587. The van der Waals surface area contributed by atoms with E-state index in [-0.39, 0.29) is 12.5 Å². The second-order valence-corrected chi connectivity index (χ2v) is 5.17. The Bertz CT molecular complexity index is 486. The van der Waals surface area contributed by atoms with Crippen LogP contribution in [0, 0.1) is 5.92 Å². The fourth-order valence-corrected chi connectivity index (χ4v) is 2.52. The molecule has 2 rings (SSSR count). The molecule has 7 heteroatoms. The number of hydrogen-bond acceptors (Lipinski definition) is 4. The largest absolute Gasteiger partial charge is 0.480 e. The van der Waals surface area contributed by atoms with Crippen molar-refractivity contribution >= 4 is 11.9 Å². The van der Waals surface area contributed by atoms with Gasteiger partial charge in [-0.15, -0.1) is 0 Å². The normalized spacial score (nSPS) is 19.1. The average Bonchev–Trinajstić information content (AvgIpc) is 2.84. The molecule has 0 bridgehead atoms. The number of amides is 1. The van der Waals surface area contributed by atoms with E-state index in [4.69, 9.17) is 5.11 Å². The molecule has 1 aliphatic rings. The lowest BCUT2D eigenvalue weighted by Gasteiger charge is -2.32. The van der Waals surface area contributed by atoms with Crippen LogP contribution in [0.25, 0.3) is 0 Å². The van der Waals surface area contributed by atoms with Crippen LogP contribution in [-0.2, 0) is 11.8 Å². The SMILES string of the molecule is Cn1cncc1C(=O)N1CCCC(CNCC(=O)O)C1. The zero-order valence-electron chi connectivity index (χ0n) is 11.6. The Kier molecular flexibility index (Phi) is 4.73. The first-order valence-electron chi connectivity index (χ1n) is 6.76. The summed E-state index contributed by atoms with van der Waals surface area (Å²) in [7, 11) is 1.80. The molecule has 0 radical (unpaired) electrons. The molecule has 0 aliphatic carbocycles. The van der Waals surface area contributed by atoms with Crippen molar-refractivity contribution in [3.8, 4) is 0 Å². The molecular formula is C13H20N4O3. The number of rotatable bonds is 5. The highest BCUT2D eigenvalue weighted by atomic mass is 16.4. The summed E-state index contributed by atoms with van der Waals surface area (Å²) in [6, 6.07) is 0. The number of carboxylic acids is 1. The number of nitrogens with zero attached hydrogens (tertiary/aromatic N) is 3. The van der Waals surface area contributed by atoms with Crippen LogP contribution in [-0.4, -0.2) is 57.6 Å². The summed E-state index contributed by atoms with van der Waals surface area (Å²) in [6.07, 6.45) is 5.16. The number of aryl methyl sites for hydroxylation is 1. The highest BCUT2D eigenvalue weighted by Crippen LogP contribution is 2.17. The Morgan fingerprint density at radius 3 is 3.00 bits per heavy atom. The number of aliphatic carboxylic acids is 1. The van der Waals surface area contributed by atoms with Crippen molar-refractivity contribution in [1.82, 2.24) is 19.8 Å². The average molecular weight is 280 g/mol. The fourth-order valence-electron chi connectivity index (χ4n) is 2.52. The predicted octanol–water partition coefficient (Wildman–Crippen LogP) is -0.0535.